The average Bonchev–Trinajstić information content (AvgIpc) is 3.00. The zero-order valence-corrected chi connectivity index (χ0v) is 16.3. The van der Waals surface area contributed by atoms with Gasteiger partial charge in [0.25, 0.3) is 0 Å². The Morgan fingerprint density at radius 1 is 1.23 bits per heavy atom. The Balaban J connectivity index is 1.65. The van der Waals surface area contributed by atoms with Gasteiger partial charge in [-0.25, -0.2) is 9.48 Å². The number of carbonyl (C=O) groups excluding carboxylic acids is 1. The molecule has 1 aromatic heterocycles. The number of hydrogen-bond acceptors (Lipinski definition) is 3. The molecule has 0 unspecified atom stereocenters. The van der Waals surface area contributed by atoms with E-state index in [0.29, 0.717) is 0 Å². The second kappa shape index (κ2) is 6.76. The lowest BCUT2D eigenvalue weighted by atomic mass is 9.80. The van der Waals surface area contributed by atoms with Crippen molar-refractivity contribution in [3.63, 3.8) is 0 Å². The summed E-state index contributed by atoms with van der Waals surface area (Å²) in [7, 11) is 0. The molecule has 1 saturated heterocycles. The quantitative estimate of drug-likeness (QED) is 0.788. The van der Waals surface area contributed by atoms with Gasteiger partial charge in [0.2, 0.25) is 0 Å². The van der Waals surface area contributed by atoms with E-state index in [1.807, 2.05) is 37.4 Å². The Labute approximate surface area is 155 Å². The summed E-state index contributed by atoms with van der Waals surface area (Å²) in [4.78, 5) is 12.5. The normalized spacial score (nSPS) is 19.1. The third-order valence-corrected chi connectivity index (χ3v) is 4.75. The third kappa shape index (κ3) is 4.43. The number of amides is 2. The van der Waals surface area contributed by atoms with Gasteiger partial charge in [-0.2, -0.15) is 5.10 Å². The average molecular weight is 355 g/mol. The first-order valence-corrected chi connectivity index (χ1v) is 9.11. The highest BCUT2D eigenvalue weighted by atomic mass is 16.2. The summed E-state index contributed by atoms with van der Waals surface area (Å²) in [5, 5.41) is 14.0. The highest BCUT2D eigenvalue weighted by Gasteiger charge is 2.38. The van der Waals surface area contributed by atoms with Gasteiger partial charge in [0.1, 0.15) is 0 Å². The Morgan fingerprint density at radius 3 is 2.50 bits per heavy atom. The van der Waals surface area contributed by atoms with Crippen LogP contribution >= 0.6 is 0 Å². The van der Waals surface area contributed by atoms with Crippen molar-refractivity contribution < 1.29 is 4.79 Å². The summed E-state index contributed by atoms with van der Waals surface area (Å²) >= 11 is 0. The van der Waals surface area contributed by atoms with E-state index in [2.05, 4.69) is 48.7 Å². The summed E-state index contributed by atoms with van der Waals surface area (Å²) in [5.41, 5.74) is 2.78. The molecule has 3 N–H and O–H groups in total. The Hall–Kier alpha value is -2.34. The van der Waals surface area contributed by atoms with Gasteiger partial charge in [-0.1, -0.05) is 0 Å². The summed E-state index contributed by atoms with van der Waals surface area (Å²) in [6.45, 7) is 10.7. The molecule has 140 valence electrons. The van der Waals surface area contributed by atoms with Gasteiger partial charge in [-0.05, 0) is 77.3 Å². The van der Waals surface area contributed by atoms with Crippen LogP contribution in [0.3, 0.4) is 0 Å². The van der Waals surface area contributed by atoms with Crippen molar-refractivity contribution in [2.75, 3.05) is 5.32 Å². The zero-order valence-electron chi connectivity index (χ0n) is 16.3. The monoisotopic (exact) mass is 355 g/mol. The zero-order chi connectivity index (χ0) is 18.9. The van der Waals surface area contributed by atoms with Crippen molar-refractivity contribution in [3.8, 4) is 5.69 Å². The number of benzene rings is 1. The van der Waals surface area contributed by atoms with Crippen molar-refractivity contribution >= 4 is 11.7 Å². The predicted octanol–water partition coefficient (Wildman–Crippen LogP) is 3.61. The maximum Gasteiger partial charge on any atom is 0.319 e. The van der Waals surface area contributed by atoms with E-state index in [4.69, 9.17) is 0 Å². The number of aryl methyl sites for hydroxylation is 1. The number of nitrogens with zero attached hydrogens (tertiary/aromatic N) is 2. The fourth-order valence-electron chi connectivity index (χ4n) is 4.12. The molecule has 0 radical (unpaired) electrons. The van der Waals surface area contributed by atoms with Crippen LogP contribution in [-0.2, 0) is 0 Å². The van der Waals surface area contributed by atoms with Crippen molar-refractivity contribution in [3.05, 3.63) is 42.2 Å². The molecule has 2 heterocycles. The second-order valence-corrected chi connectivity index (χ2v) is 8.55. The van der Waals surface area contributed by atoms with E-state index >= 15 is 0 Å². The molecule has 3 rings (SSSR count). The summed E-state index contributed by atoms with van der Waals surface area (Å²) in [6.07, 6.45) is 5.45. The molecule has 0 saturated carbocycles. The van der Waals surface area contributed by atoms with Crippen LogP contribution in [0.5, 0.6) is 0 Å². The fraction of sp³-hybridized carbons (Fsp3) is 0.500. The molecule has 2 amide bonds. The smallest absolute Gasteiger partial charge is 0.319 e. The van der Waals surface area contributed by atoms with Crippen molar-refractivity contribution in [1.82, 2.24) is 20.4 Å². The molecule has 0 aliphatic carbocycles. The number of rotatable bonds is 3. The Bertz CT molecular complexity index is 764. The van der Waals surface area contributed by atoms with Crippen molar-refractivity contribution in [1.29, 1.82) is 0 Å². The second-order valence-electron chi connectivity index (χ2n) is 8.55. The van der Waals surface area contributed by atoms with Gasteiger partial charge in [-0.15, -0.1) is 0 Å². The van der Waals surface area contributed by atoms with Crippen LogP contribution in [0.25, 0.3) is 5.69 Å². The molecule has 6 heteroatoms. The molecule has 1 fully saturated rings. The van der Waals surface area contributed by atoms with Gasteiger partial charge in [0.05, 0.1) is 5.69 Å². The molecule has 1 aromatic carbocycles. The van der Waals surface area contributed by atoms with Crippen LogP contribution in [0.1, 0.15) is 46.1 Å². The molecular formula is C20H29N5O. The van der Waals surface area contributed by atoms with Gasteiger partial charge in [-0.3, -0.25) is 0 Å². The van der Waals surface area contributed by atoms with Crippen LogP contribution in [0.4, 0.5) is 10.5 Å². The molecule has 0 spiro atoms. The number of aromatic nitrogens is 2. The molecule has 0 bridgehead atoms. The first-order valence-electron chi connectivity index (χ1n) is 9.11. The van der Waals surface area contributed by atoms with Gasteiger partial charge >= 0.3 is 6.03 Å². The highest BCUT2D eigenvalue weighted by Crippen LogP contribution is 2.28. The lowest BCUT2D eigenvalue weighted by Gasteiger charge is -2.46. The van der Waals surface area contributed by atoms with E-state index in [9.17, 15) is 4.79 Å². The number of hydrogen-bond donors (Lipinski definition) is 3. The highest BCUT2D eigenvalue weighted by molar-refractivity contribution is 5.90. The minimum Gasteiger partial charge on any atom is -0.335 e. The molecule has 1 aliphatic rings. The molecule has 1 aliphatic heterocycles. The van der Waals surface area contributed by atoms with E-state index in [1.165, 1.54) is 0 Å². The Kier molecular flexibility index (Phi) is 4.80. The fourth-order valence-corrected chi connectivity index (χ4v) is 4.12. The summed E-state index contributed by atoms with van der Waals surface area (Å²) < 4.78 is 1.80. The largest absolute Gasteiger partial charge is 0.335 e. The first-order chi connectivity index (χ1) is 12.1. The SMILES string of the molecule is Cc1cc(-n2cccn2)ccc1NC(=O)NC1CC(C)(C)NC(C)(C)C1. The summed E-state index contributed by atoms with van der Waals surface area (Å²) in [5.74, 6) is 0. The van der Waals surface area contributed by atoms with Crippen LogP contribution in [-0.4, -0.2) is 32.9 Å². The Morgan fingerprint density at radius 2 is 1.92 bits per heavy atom. The van der Waals surface area contributed by atoms with Crippen LogP contribution in [0.2, 0.25) is 0 Å². The molecular weight excluding hydrogens is 326 g/mol. The van der Waals surface area contributed by atoms with E-state index in [1.54, 1.807) is 10.9 Å². The topological polar surface area (TPSA) is 71.0 Å². The molecule has 26 heavy (non-hydrogen) atoms. The van der Waals surface area contributed by atoms with Crippen LogP contribution in [0.15, 0.2) is 36.7 Å². The summed E-state index contributed by atoms with van der Waals surface area (Å²) in [6, 6.07) is 7.76. The predicted molar refractivity (Wildman–Crippen MR) is 105 cm³/mol. The van der Waals surface area contributed by atoms with Crippen molar-refractivity contribution in [2.24, 2.45) is 0 Å². The van der Waals surface area contributed by atoms with Gasteiger partial charge in [0, 0.05) is 35.2 Å². The maximum absolute atomic E-state index is 12.5. The van der Waals surface area contributed by atoms with Crippen LogP contribution < -0.4 is 16.0 Å². The van der Waals surface area contributed by atoms with E-state index < -0.39 is 0 Å². The lowest BCUT2D eigenvalue weighted by molar-refractivity contribution is 0.149. The number of carbonyl (C=O) groups is 1. The van der Waals surface area contributed by atoms with Crippen LogP contribution in [0, 0.1) is 6.92 Å². The number of anilines is 1. The number of urea groups is 1. The van der Waals surface area contributed by atoms with Gasteiger partial charge in [0.15, 0.2) is 0 Å². The number of nitrogens with one attached hydrogen (secondary N) is 3. The third-order valence-electron chi connectivity index (χ3n) is 4.75. The van der Waals surface area contributed by atoms with Gasteiger partial charge < -0.3 is 16.0 Å². The lowest BCUT2D eigenvalue weighted by Crippen LogP contribution is -2.62. The van der Waals surface area contributed by atoms with Crippen molar-refractivity contribution in [2.45, 2.75) is 64.6 Å². The standard InChI is InChI=1S/C20H29N5O/c1-14-11-16(25-10-6-9-21-25)7-8-17(14)23-18(26)22-15-12-19(2,3)24-20(4,5)13-15/h6-11,15,24H,12-13H2,1-5H3,(H2,22,23,26). The molecule has 0 atom stereocenters. The minimum atomic E-state index is -0.154. The maximum atomic E-state index is 12.5. The van der Waals surface area contributed by atoms with E-state index in [0.717, 1.165) is 29.8 Å². The minimum absolute atomic E-state index is 0.00102. The first kappa shape index (κ1) is 18.5. The number of piperidine rings is 1. The molecule has 2 aromatic rings. The molecule has 6 nitrogen and oxygen atoms in total. The van der Waals surface area contributed by atoms with E-state index in [-0.39, 0.29) is 23.2 Å².